The monoisotopic (exact) mass is 563 g/mol. The van der Waals surface area contributed by atoms with Crippen LogP contribution in [0.1, 0.15) is 51.2 Å². The van der Waals surface area contributed by atoms with E-state index >= 15 is 0 Å². The molecule has 2 rings (SSSR count). The molecule has 1 atom stereocenters. The molecule has 0 spiro atoms. The van der Waals surface area contributed by atoms with Gasteiger partial charge in [0.25, 0.3) is 0 Å². The van der Waals surface area contributed by atoms with Crippen LogP contribution in [0.5, 0.6) is 5.75 Å². The lowest BCUT2D eigenvalue weighted by molar-refractivity contribution is -0.127. The lowest BCUT2D eigenvalue weighted by Gasteiger charge is -2.37. The largest absolute Gasteiger partial charge is 0.408 e. The van der Waals surface area contributed by atoms with Gasteiger partial charge in [-0.05, 0) is 80.3 Å². The van der Waals surface area contributed by atoms with E-state index in [1.165, 1.54) is 6.08 Å². The molecule has 1 saturated heterocycles. The van der Waals surface area contributed by atoms with Gasteiger partial charge in [-0.2, -0.15) is 5.10 Å². The molecule has 41 heavy (non-hydrogen) atoms. The summed E-state index contributed by atoms with van der Waals surface area (Å²) in [5, 5.41) is 9.70. The minimum absolute atomic E-state index is 0.0225. The van der Waals surface area contributed by atoms with Crippen molar-refractivity contribution >= 4 is 30.0 Å². The van der Waals surface area contributed by atoms with Crippen LogP contribution < -0.4 is 21.4 Å². The second kappa shape index (κ2) is 18.2. The predicted molar refractivity (Wildman–Crippen MR) is 169 cm³/mol. The Labute approximate surface area is 244 Å². The van der Waals surface area contributed by atoms with E-state index in [9.17, 15) is 4.79 Å². The number of aryl methyl sites for hydroxylation is 1. The number of hydrogen-bond acceptors (Lipinski definition) is 8. The van der Waals surface area contributed by atoms with E-state index in [-0.39, 0.29) is 11.9 Å². The van der Waals surface area contributed by atoms with Gasteiger partial charge < -0.3 is 20.8 Å². The van der Waals surface area contributed by atoms with E-state index in [4.69, 9.17) is 15.7 Å². The molecule has 1 heterocycles. The molecule has 0 radical (unpaired) electrons. The van der Waals surface area contributed by atoms with Crippen LogP contribution in [0.15, 0.2) is 75.6 Å². The molecule has 0 unspecified atom stereocenters. The number of hydrazone groups is 1. The van der Waals surface area contributed by atoms with Gasteiger partial charge in [0.15, 0.2) is 0 Å². The third kappa shape index (κ3) is 11.0. The van der Waals surface area contributed by atoms with Crippen molar-refractivity contribution < 1.29 is 9.63 Å². The number of carbonyl (C=O) groups is 1. The zero-order chi connectivity index (χ0) is 30.0. The van der Waals surface area contributed by atoms with E-state index in [0.29, 0.717) is 37.8 Å². The molecule has 222 valence electrons. The first-order valence-electron chi connectivity index (χ1n) is 14.0. The highest BCUT2D eigenvalue weighted by atomic mass is 16.6. The number of nitrogens with two attached hydrogens (primary N) is 1. The van der Waals surface area contributed by atoms with Crippen molar-refractivity contribution in [3.63, 3.8) is 0 Å². The van der Waals surface area contributed by atoms with Crippen molar-refractivity contribution in [1.82, 2.24) is 20.7 Å². The molecular formula is C30H45N9O2. The Hall–Kier alpha value is -4.25. The zero-order valence-corrected chi connectivity index (χ0v) is 24.8. The molecule has 1 aliphatic heterocycles. The number of nitrogens with one attached hydrogen (secondary N) is 2. The van der Waals surface area contributed by atoms with Gasteiger partial charge in [-0.25, -0.2) is 10.0 Å². The number of benzene rings is 1. The van der Waals surface area contributed by atoms with Crippen molar-refractivity contribution in [1.29, 1.82) is 0 Å². The number of carbonyl (C=O) groups excluding carboxylic acids is 1. The summed E-state index contributed by atoms with van der Waals surface area (Å²) in [4.78, 5) is 33.0. The molecule has 1 amide bonds. The fraction of sp³-hybridized carbons (Fsp3) is 0.433. The summed E-state index contributed by atoms with van der Waals surface area (Å²) in [6.45, 7) is 15.3. The minimum atomic E-state index is -0.0760. The van der Waals surface area contributed by atoms with Crippen LogP contribution >= 0.6 is 0 Å². The minimum Gasteiger partial charge on any atom is -0.408 e. The molecule has 1 aromatic rings. The molecule has 1 fully saturated rings. The summed E-state index contributed by atoms with van der Waals surface area (Å²) in [6, 6.07) is 5.89. The number of hydrogen-bond donors (Lipinski definition) is 3. The molecule has 11 heteroatoms. The Kier molecular flexibility index (Phi) is 14.6. The van der Waals surface area contributed by atoms with E-state index in [0.717, 1.165) is 48.4 Å². The first kappa shape index (κ1) is 33.0. The number of rotatable bonds is 14. The van der Waals surface area contributed by atoms with Crippen LogP contribution in [0.4, 0.5) is 0 Å². The van der Waals surface area contributed by atoms with E-state index in [2.05, 4.69) is 45.9 Å². The number of hydroxylamine groups is 1. The third-order valence-electron chi connectivity index (χ3n) is 6.37. The van der Waals surface area contributed by atoms with Gasteiger partial charge in [0, 0.05) is 26.4 Å². The Morgan fingerprint density at radius 1 is 1.32 bits per heavy atom. The Bertz CT molecular complexity index is 1170. The highest BCUT2D eigenvalue weighted by Crippen LogP contribution is 2.21. The van der Waals surface area contributed by atoms with Crippen LogP contribution in [-0.2, 0) is 11.2 Å². The highest BCUT2D eigenvalue weighted by Gasteiger charge is 2.27. The second-order valence-electron chi connectivity index (χ2n) is 9.27. The maximum absolute atomic E-state index is 12.3. The lowest BCUT2D eigenvalue weighted by atomic mass is 10.0. The predicted octanol–water partition coefficient (Wildman–Crippen LogP) is 3.41. The van der Waals surface area contributed by atoms with Crippen LogP contribution in [0, 0.1) is 0 Å². The molecule has 4 N–H and O–H groups in total. The molecule has 0 saturated carbocycles. The number of nitrogens with zero attached hydrogens (tertiary/aromatic N) is 6. The summed E-state index contributed by atoms with van der Waals surface area (Å²) >= 11 is 0. The first-order chi connectivity index (χ1) is 19.9. The average Bonchev–Trinajstić information content (AvgIpc) is 2.99. The Morgan fingerprint density at radius 3 is 2.80 bits per heavy atom. The molecule has 0 bridgehead atoms. The number of amidine groups is 2. The van der Waals surface area contributed by atoms with Gasteiger partial charge in [0.2, 0.25) is 5.91 Å². The van der Waals surface area contributed by atoms with Crippen molar-refractivity contribution in [3.05, 3.63) is 66.7 Å². The highest BCUT2D eigenvalue weighted by molar-refractivity contribution is 5.88. The molecule has 1 aromatic carbocycles. The fourth-order valence-corrected chi connectivity index (χ4v) is 4.26. The number of piperidine rings is 1. The van der Waals surface area contributed by atoms with Crippen molar-refractivity contribution in [2.24, 2.45) is 25.8 Å². The van der Waals surface area contributed by atoms with Gasteiger partial charge in [0.1, 0.15) is 23.2 Å². The molecule has 1 aliphatic rings. The SMILES string of the molecule is C=CNC(CNOc1ccc(/C=N/N(C(C)=NCC=NC(N)=CCC)[C@@H]2CCCN(C(=O)C=C)C2)cc1CC)=NC. The van der Waals surface area contributed by atoms with E-state index < -0.39 is 0 Å². The fourth-order valence-electron chi connectivity index (χ4n) is 4.26. The quantitative estimate of drug-likeness (QED) is 0.138. The topological polar surface area (TPSA) is 132 Å². The summed E-state index contributed by atoms with van der Waals surface area (Å²) in [6.07, 6.45) is 11.6. The smallest absolute Gasteiger partial charge is 0.246 e. The van der Waals surface area contributed by atoms with Gasteiger partial charge in [0.05, 0.1) is 25.3 Å². The zero-order valence-electron chi connectivity index (χ0n) is 24.8. The maximum atomic E-state index is 12.3. The number of likely N-dealkylation sites (tertiary alicyclic amines) is 1. The van der Waals surface area contributed by atoms with Crippen molar-refractivity contribution in [2.45, 2.75) is 52.5 Å². The first-order valence-corrected chi connectivity index (χ1v) is 14.0. The Morgan fingerprint density at radius 2 is 2.12 bits per heavy atom. The van der Waals surface area contributed by atoms with Gasteiger partial charge in [-0.1, -0.05) is 27.0 Å². The molecule has 0 aromatic heterocycles. The number of aliphatic imine (C=N–C) groups is 3. The van der Waals surface area contributed by atoms with E-state index in [1.54, 1.807) is 19.5 Å². The van der Waals surface area contributed by atoms with Crippen molar-refractivity contribution in [2.75, 3.05) is 33.2 Å². The summed E-state index contributed by atoms with van der Waals surface area (Å²) in [5.41, 5.74) is 10.7. The molecule has 11 nitrogen and oxygen atoms in total. The summed E-state index contributed by atoms with van der Waals surface area (Å²) < 4.78 is 0. The molecular weight excluding hydrogens is 518 g/mol. The average molecular weight is 564 g/mol. The Balaban J connectivity index is 2.24. The van der Waals surface area contributed by atoms with Crippen LogP contribution in [0.3, 0.4) is 0 Å². The normalized spacial score (nSPS) is 16.7. The van der Waals surface area contributed by atoms with Gasteiger partial charge >= 0.3 is 0 Å². The number of amides is 1. The lowest BCUT2D eigenvalue weighted by Crippen LogP contribution is -2.49. The standard InChI is InChI=1S/C30H45N9O2/c1-7-12-28(31)35-17-16-34-23(5)39(26-13-11-18-38(22-26)30(40)9-3)36-20-24-14-15-27(25(8-2)19-24)41-37-21-29(32-6)33-10-4/h9-10,12,14-15,17,19-20,26,37H,3-4,7-8,11,13,16,18,21-22,31H2,1-2,5-6H3,(H,32,33)/b28-12?,34-23?,35-17?,36-20+/t26-/m1/s1. The third-order valence-corrected chi connectivity index (χ3v) is 6.37. The van der Waals surface area contributed by atoms with Crippen LogP contribution in [0.25, 0.3) is 0 Å². The van der Waals surface area contributed by atoms with Gasteiger partial charge in [-0.3, -0.25) is 14.8 Å². The van der Waals surface area contributed by atoms with Crippen LogP contribution in [0.2, 0.25) is 0 Å². The maximum Gasteiger partial charge on any atom is 0.246 e. The summed E-state index contributed by atoms with van der Waals surface area (Å²) in [7, 11) is 1.70. The van der Waals surface area contributed by atoms with E-state index in [1.807, 2.05) is 54.2 Å². The number of allylic oxidation sites excluding steroid dienone is 1. The van der Waals surface area contributed by atoms with Crippen LogP contribution in [-0.4, -0.2) is 79.2 Å². The molecule has 0 aliphatic carbocycles. The van der Waals surface area contributed by atoms with Crippen molar-refractivity contribution in [3.8, 4) is 5.75 Å². The summed E-state index contributed by atoms with van der Waals surface area (Å²) in [5.74, 6) is 2.57. The van der Waals surface area contributed by atoms with Gasteiger partial charge in [-0.15, -0.1) is 5.48 Å². The second-order valence-corrected chi connectivity index (χ2v) is 9.27.